The number of aliphatic carboxylic acids is 1. The molecule has 4 rings (SSSR count). The van der Waals surface area contributed by atoms with Gasteiger partial charge in [0.15, 0.2) is 5.13 Å². The SMILES string of the molecule is C=CCON=C(C(=O)NC1C(=O)N2C(C(=O)O)=C(CSC=Cc3cccnc3)CS[C@@H]12)c1nsc(N)n1. The van der Waals surface area contributed by atoms with E-state index in [1.165, 1.54) is 34.5 Å². The van der Waals surface area contributed by atoms with Crippen molar-refractivity contribution in [3.8, 4) is 0 Å². The monoisotopic (exact) mass is 559 g/mol. The van der Waals surface area contributed by atoms with Gasteiger partial charge in [0.2, 0.25) is 11.5 Å². The van der Waals surface area contributed by atoms with Crippen molar-refractivity contribution in [2.45, 2.75) is 11.4 Å². The number of carbonyl (C=O) groups excluding carboxylic acids is 2. The van der Waals surface area contributed by atoms with E-state index in [9.17, 15) is 19.5 Å². The number of rotatable bonds is 11. The van der Waals surface area contributed by atoms with Gasteiger partial charge in [0.1, 0.15) is 23.7 Å². The van der Waals surface area contributed by atoms with Gasteiger partial charge in [0, 0.05) is 35.4 Å². The van der Waals surface area contributed by atoms with Crippen molar-refractivity contribution in [2.24, 2.45) is 5.16 Å². The predicted molar refractivity (Wildman–Crippen MR) is 142 cm³/mol. The second-order valence-electron chi connectivity index (χ2n) is 7.50. The van der Waals surface area contributed by atoms with Gasteiger partial charge in [0.25, 0.3) is 11.8 Å². The predicted octanol–water partition coefficient (Wildman–Crippen LogP) is 1.56. The van der Waals surface area contributed by atoms with Gasteiger partial charge >= 0.3 is 5.97 Å². The molecule has 0 bridgehead atoms. The van der Waals surface area contributed by atoms with E-state index >= 15 is 0 Å². The van der Waals surface area contributed by atoms with Crippen molar-refractivity contribution in [3.05, 3.63) is 65.2 Å². The van der Waals surface area contributed by atoms with Crippen LogP contribution in [0.2, 0.25) is 0 Å². The molecule has 2 aliphatic heterocycles. The average Bonchev–Trinajstić information content (AvgIpc) is 3.33. The fraction of sp³-hybridized carbons (Fsp3) is 0.227. The first kappa shape index (κ1) is 26.4. The molecular weight excluding hydrogens is 538 g/mol. The van der Waals surface area contributed by atoms with Crippen LogP contribution in [0.15, 0.2) is 59.0 Å². The minimum Gasteiger partial charge on any atom is -0.477 e. The van der Waals surface area contributed by atoms with Gasteiger partial charge < -0.3 is 21.0 Å². The van der Waals surface area contributed by atoms with Gasteiger partial charge in [-0.05, 0) is 28.7 Å². The highest BCUT2D eigenvalue weighted by atomic mass is 32.2. The number of aromatic nitrogens is 3. The van der Waals surface area contributed by atoms with E-state index in [-0.39, 0.29) is 29.0 Å². The number of hydrogen-bond acceptors (Lipinski definition) is 12. The minimum atomic E-state index is -1.20. The molecule has 15 heteroatoms. The number of anilines is 1. The van der Waals surface area contributed by atoms with E-state index in [1.54, 1.807) is 12.4 Å². The third-order valence-corrected chi connectivity index (χ3v) is 7.78. The number of nitrogens with zero attached hydrogens (tertiary/aromatic N) is 5. The van der Waals surface area contributed by atoms with Gasteiger partial charge in [-0.3, -0.25) is 19.5 Å². The summed E-state index contributed by atoms with van der Waals surface area (Å²) in [6.45, 7) is 3.55. The van der Waals surface area contributed by atoms with E-state index in [0.29, 0.717) is 17.1 Å². The van der Waals surface area contributed by atoms with E-state index in [2.05, 4.69) is 31.4 Å². The van der Waals surface area contributed by atoms with Gasteiger partial charge in [-0.15, -0.1) is 23.5 Å². The number of carbonyl (C=O) groups is 3. The van der Waals surface area contributed by atoms with E-state index in [1.807, 2.05) is 23.6 Å². The summed E-state index contributed by atoms with van der Waals surface area (Å²) < 4.78 is 3.98. The molecule has 37 heavy (non-hydrogen) atoms. The second-order valence-corrected chi connectivity index (χ2v) is 10.3. The number of thioether (sulfide) groups is 2. The molecule has 1 fully saturated rings. The Bertz CT molecular complexity index is 1290. The van der Waals surface area contributed by atoms with Crippen LogP contribution in [0.5, 0.6) is 0 Å². The van der Waals surface area contributed by atoms with Crippen molar-refractivity contribution in [1.29, 1.82) is 0 Å². The maximum Gasteiger partial charge on any atom is 0.352 e. The number of nitrogens with two attached hydrogens (primary N) is 1. The Kier molecular flexibility index (Phi) is 8.58. The average molecular weight is 560 g/mol. The normalized spacial score (nSPS) is 19.4. The fourth-order valence-corrected chi connectivity index (χ4v) is 6.12. The molecule has 192 valence electrons. The van der Waals surface area contributed by atoms with Gasteiger partial charge in [-0.2, -0.15) is 9.36 Å². The first-order valence-electron chi connectivity index (χ1n) is 10.7. The summed E-state index contributed by atoms with van der Waals surface area (Å²) in [5, 5.41) is 17.6. The second kappa shape index (κ2) is 12.0. The zero-order chi connectivity index (χ0) is 26.4. The zero-order valence-electron chi connectivity index (χ0n) is 19.1. The number of β-lactam (4-membered cyclic amide) rings is 1. The molecule has 2 aromatic heterocycles. The maximum absolute atomic E-state index is 13.0. The fourth-order valence-electron chi connectivity index (χ4n) is 3.42. The summed E-state index contributed by atoms with van der Waals surface area (Å²) in [6.07, 6.45) is 6.72. The van der Waals surface area contributed by atoms with Crippen molar-refractivity contribution < 1.29 is 24.3 Å². The van der Waals surface area contributed by atoms with Crippen LogP contribution in [0.4, 0.5) is 5.13 Å². The molecule has 4 heterocycles. The van der Waals surface area contributed by atoms with E-state index < -0.39 is 29.2 Å². The summed E-state index contributed by atoms with van der Waals surface area (Å²) >= 11 is 3.67. The van der Waals surface area contributed by atoms with Gasteiger partial charge in [-0.25, -0.2) is 4.79 Å². The quantitative estimate of drug-likeness (QED) is 0.120. The number of carboxylic acid groups (broad SMARTS) is 1. The zero-order valence-corrected chi connectivity index (χ0v) is 21.6. The van der Waals surface area contributed by atoms with E-state index in [4.69, 9.17) is 10.6 Å². The molecular formula is C22H21N7O5S3. The molecule has 0 aliphatic carbocycles. The highest BCUT2D eigenvalue weighted by Gasteiger charge is 2.54. The molecule has 1 saturated heterocycles. The molecule has 0 aromatic carbocycles. The number of nitrogen functional groups attached to an aromatic ring is 1. The lowest BCUT2D eigenvalue weighted by atomic mass is 10.0. The number of amides is 2. The van der Waals surface area contributed by atoms with Crippen LogP contribution in [0.25, 0.3) is 6.08 Å². The molecule has 1 unspecified atom stereocenters. The maximum atomic E-state index is 13.0. The Morgan fingerprint density at radius 3 is 2.97 bits per heavy atom. The highest BCUT2D eigenvalue weighted by Crippen LogP contribution is 2.41. The van der Waals surface area contributed by atoms with Crippen molar-refractivity contribution >= 4 is 69.8 Å². The van der Waals surface area contributed by atoms with Crippen molar-refractivity contribution in [2.75, 3.05) is 23.8 Å². The smallest absolute Gasteiger partial charge is 0.352 e. The molecule has 0 saturated carbocycles. The molecule has 0 spiro atoms. The Hall–Kier alpha value is -3.69. The van der Waals surface area contributed by atoms with Crippen molar-refractivity contribution in [1.82, 2.24) is 24.6 Å². The Morgan fingerprint density at radius 2 is 2.30 bits per heavy atom. The summed E-state index contributed by atoms with van der Waals surface area (Å²) in [6, 6.07) is 2.78. The van der Waals surface area contributed by atoms with Crippen LogP contribution in [0.1, 0.15) is 11.4 Å². The van der Waals surface area contributed by atoms with Crippen LogP contribution in [0, 0.1) is 0 Å². The topological polar surface area (TPSA) is 173 Å². The number of oxime groups is 1. The first-order valence-corrected chi connectivity index (χ1v) is 13.6. The molecule has 2 aromatic rings. The number of carboxylic acids is 1. The number of nitrogens with one attached hydrogen (secondary N) is 1. The molecule has 2 aliphatic rings. The lowest BCUT2D eigenvalue weighted by Gasteiger charge is -2.49. The standard InChI is InChI=1S/C22H21N7O5S3/c1-2-7-34-27-14(17-26-22(23)37-28-17)18(30)25-15-19(31)29-16(21(32)33)13(11-36-20(15)29)10-35-8-5-12-4-3-6-24-9-12/h2-6,8-9,15,20H,1,7,10-11H2,(H,25,30)(H,32,33)(H2,23,26,28)/t15?,20-/m0/s1. The van der Waals surface area contributed by atoms with Gasteiger partial charge in [0.05, 0.1) is 0 Å². The number of fused-ring (bicyclic) bond motifs is 1. The molecule has 12 nitrogen and oxygen atoms in total. The molecule has 2 atom stereocenters. The van der Waals surface area contributed by atoms with Crippen molar-refractivity contribution in [3.63, 3.8) is 0 Å². The third-order valence-electron chi connectivity index (χ3n) is 5.05. The van der Waals surface area contributed by atoms with Gasteiger partial charge in [-0.1, -0.05) is 23.9 Å². The van der Waals surface area contributed by atoms with Crippen LogP contribution in [-0.4, -0.2) is 77.4 Å². The molecule has 2 amide bonds. The molecule has 4 N–H and O–H groups in total. The lowest BCUT2D eigenvalue weighted by molar-refractivity contribution is -0.150. The Morgan fingerprint density at radius 1 is 1.46 bits per heavy atom. The minimum absolute atomic E-state index is 0.0377. The Labute approximate surface area is 223 Å². The van der Waals surface area contributed by atoms with Crippen LogP contribution < -0.4 is 11.1 Å². The van der Waals surface area contributed by atoms with Crippen LogP contribution in [-0.2, 0) is 19.2 Å². The third kappa shape index (κ3) is 6.00. The number of hydrogen-bond donors (Lipinski definition) is 3. The first-order chi connectivity index (χ1) is 17.9. The summed E-state index contributed by atoms with van der Waals surface area (Å²) in [5.74, 6) is -1.74. The highest BCUT2D eigenvalue weighted by molar-refractivity contribution is 8.02. The van der Waals surface area contributed by atoms with Crippen LogP contribution >= 0.6 is 35.1 Å². The Balaban J connectivity index is 1.45. The summed E-state index contributed by atoms with van der Waals surface area (Å²) in [4.78, 5) is 52.2. The summed E-state index contributed by atoms with van der Waals surface area (Å²) in [5.41, 5.74) is 6.85. The van der Waals surface area contributed by atoms with Crippen LogP contribution in [0.3, 0.4) is 0 Å². The lowest BCUT2D eigenvalue weighted by Crippen LogP contribution is -2.71. The number of pyridine rings is 1. The van der Waals surface area contributed by atoms with E-state index in [0.717, 1.165) is 17.1 Å². The summed E-state index contributed by atoms with van der Waals surface area (Å²) in [7, 11) is 0. The molecule has 0 radical (unpaired) electrons. The largest absolute Gasteiger partial charge is 0.477 e.